The van der Waals surface area contributed by atoms with Gasteiger partial charge in [-0.3, -0.25) is 9.89 Å². The van der Waals surface area contributed by atoms with Crippen molar-refractivity contribution in [3.8, 4) is 0 Å². The molecule has 30 heavy (non-hydrogen) atoms. The Morgan fingerprint density at radius 3 is 2.73 bits per heavy atom. The van der Waals surface area contributed by atoms with Gasteiger partial charge in [-0.15, -0.1) is 35.3 Å². The monoisotopic (exact) mass is 546 g/mol. The van der Waals surface area contributed by atoms with E-state index in [2.05, 4.69) is 39.6 Å². The van der Waals surface area contributed by atoms with E-state index in [1.165, 1.54) is 45.1 Å². The number of hydrogen-bond acceptors (Lipinski definition) is 4. The van der Waals surface area contributed by atoms with Gasteiger partial charge in [-0.05, 0) is 43.6 Å². The predicted octanol–water partition coefficient (Wildman–Crippen LogP) is 4.19. The molecule has 3 aliphatic rings. The molecule has 0 amide bonds. The van der Waals surface area contributed by atoms with Crippen LogP contribution in [0.1, 0.15) is 50.3 Å². The second kappa shape index (κ2) is 12.0. The van der Waals surface area contributed by atoms with Crippen molar-refractivity contribution < 1.29 is 4.74 Å². The molecular weight excluding hydrogens is 507 g/mol. The standard InChI is InChI=1S/C23H38N4OS.HI/c1-2-24-22(27-11-8-20(18-27)17-26-12-14-28-15-13-26)25-19-23(9-4-3-5-10-23)21-7-6-16-29-21;/h6-7,16,20H,2-5,8-15,17-19H2,1H3,(H,24,25);1H. The molecule has 1 aliphatic carbocycles. The van der Waals surface area contributed by atoms with Gasteiger partial charge in [0.1, 0.15) is 0 Å². The quantitative estimate of drug-likeness (QED) is 0.330. The van der Waals surface area contributed by atoms with Gasteiger partial charge in [0.05, 0.1) is 19.8 Å². The molecule has 170 valence electrons. The molecule has 1 aromatic rings. The summed E-state index contributed by atoms with van der Waals surface area (Å²) in [6.07, 6.45) is 7.92. The predicted molar refractivity (Wildman–Crippen MR) is 137 cm³/mol. The molecule has 0 radical (unpaired) electrons. The number of rotatable bonds is 6. The maximum atomic E-state index is 5.50. The average Bonchev–Trinajstić information content (AvgIpc) is 3.45. The number of nitrogens with one attached hydrogen (secondary N) is 1. The Balaban J connectivity index is 0.00000256. The minimum absolute atomic E-state index is 0. The van der Waals surface area contributed by atoms with Crippen molar-refractivity contribution in [3.63, 3.8) is 0 Å². The minimum atomic E-state index is 0. The zero-order valence-electron chi connectivity index (χ0n) is 18.5. The summed E-state index contributed by atoms with van der Waals surface area (Å²) in [4.78, 5) is 11.9. The molecule has 1 saturated carbocycles. The van der Waals surface area contributed by atoms with E-state index in [4.69, 9.17) is 9.73 Å². The summed E-state index contributed by atoms with van der Waals surface area (Å²) in [6.45, 7) is 11.5. The van der Waals surface area contributed by atoms with Gasteiger partial charge in [0.2, 0.25) is 0 Å². The molecule has 4 rings (SSSR count). The number of aliphatic imine (C=N–C) groups is 1. The third kappa shape index (κ3) is 6.11. The summed E-state index contributed by atoms with van der Waals surface area (Å²) < 4.78 is 5.50. The highest BCUT2D eigenvalue weighted by atomic mass is 127. The number of thiophene rings is 1. The van der Waals surface area contributed by atoms with Gasteiger partial charge in [0, 0.05) is 49.6 Å². The lowest BCUT2D eigenvalue weighted by Gasteiger charge is -2.36. The molecule has 0 bridgehead atoms. The molecule has 2 aliphatic heterocycles. The number of nitrogens with zero attached hydrogens (tertiary/aromatic N) is 3. The maximum Gasteiger partial charge on any atom is 0.193 e. The van der Waals surface area contributed by atoms with Gasteiger partial charge >= 0.3 is 0 Å². The lowest BCUT2D eigenvalue weighted by atomic mass is 9.73. The Morgan fingerprint density at radius 1 is 1.23 bits per heavy atom. The zero-order valence-corrected chi connectivity index (χ0v) is 21.6. The number of ether oxygens (including phenoxy) is 1. The Morgan fingerprint density at radius 2 is 2.03 bits per heavy atom. The van der Waals surface area contributed by atoms with Crippen LogP contribution in [0.4, 0.5) is 0 Å². The van der Waals surface area contributed by atoms with Crippen LogP contribution in [-0.2, 0) is 10.2 Å². The van der Waals surface area contributed by atoms with Crippen molar-refractivity contribution in [2.45, 2.75) is 50.9 Å². The molecule has 3 fully saturated rings. The Hall–Kier alpha value is -0.380. The first-order valence-corrected chi connectivity index (χ1v) is 12.5. The fourth-order valence-corrected chi connectivity index (χ4v) is 6.25. The molecule has 3 heterocycles. The van der Waals surface area contributed by atoms with E-state index in [9.17, 15) is 0 Å². The van der Waals surface area contributed by atoms with E-state index in [0.717, 1.165) is 64.4 Å². The highest BCUT2D eigenvalue weighted by Gasteiger charge is 2.35. The highest BCUT2D eigenvalue weighted by Crippen LogP contribution is 2.41. The third-order valence-corrected chi connectivity index (χ3v) is 8.04. The summed E-state index contributed by atoms with van der Waals surface area (Å²) in [5, 5.41) is 5.83. The van der Waals surface area contributed by atoms with Gasteiger partial charge in [-0.25, -0.2) is 0 Å². The van der Waals surface area contributed by atoms with Crippen molar-refractivity contribution in [3.05, 3.63) is 22.4 Å². The van der Waals surface area contributed by atoms with Crippen LogP contribution >= 0.6 is 35.3 Å². The van der Waals surface area contributed by atoms with E-state index >= 15 is 0 Å². The third-order valence-electron chi connectivity index (χ3n) is 6.93. The van der Waals surface area contributed by atoms with E-state index < -0.39 is 0 Å². The summed E-state index contributed by atoms with van der Waals surface area (Å²) in [6, 6.07) is 4.55. The summed E-state index contributed by atoms with van der Waals surface area (Å²) in [5.41, 5.74) is 0.264. The molecule has 7 heteroatoms. The Kier molecular flexibility index (Phi) is 9.72. The lowest BCUT2D eigenvalue weighted by Crippen LogP contribution is -2.43. The van der Waals surface area contributed by atoms with E-state index in [0.29, 0.717) is 0 Å². The van der Waals surface area contributed by atoms with Crippen LogP contribution < -0.4 is 5.32 Å². The summed E-state index contributed by atoms with van der Waals surface area (Å²) >= 11 is 1.93. The van der Waals surface area contributed by atoms with Gasteiger partial charge < -0.3 is 15.0 Å². The zero-order chi connectivity index (χ0) is 19.9. The second-order valence-electron chi connectivity index (χ2n) is 9.00. The highest BCUT2D eigenvalue weighted by molar-refractivity contribution is 14.0. The SMILES string of the molecule is CCNC(=NCC1(c2cccs2)CCCCC1)N1CCC(CN2CCOCC2)C1.I. The molecule has 1 N–H and O–H groups in total. The number of likely N-dealkylation sites (tertiary alicyclic amines) is 1. The fourth-order valence-electron chi connectivity index (χ4n) is 5.27. The molecule has 0 spiro atoms. The normalized spacial score (nSPS) is 25.2. The van der Waals surface area contributed by atoms with Crippen molar-refractivity contribution >= 4 is 41.3 Å². The van der Waals surface area contributed by atoms with Crippen LogP contribution in [0.5, 0.6) is 0 Å². The average molecular weight is 547 g/mol. The summed E-state index contributed by atoms with van der Waals surface area (Å²) in [5.74, 6) is 1.89. The number of halogens is 1. The van der Waals surface area contributed by atoms with Crippen LogP contribution in [0.15, 0.2) is 22.5 Å². The Bertz CT molecular complexity index is 642. The van der Waals surface area contributed by atoms with Crippen LogP contribution in [0, 0.1) is 5.92 Å². The minimum Gasteiger partial charge on any atom is -0.379 e. The van der Waals surface area contributed by atoms with Gasteiger partial charge in [0.25, 0.3) is 0 Å². The maximum absolute atomic E-state index is 5.50. The Labute approximate surface area is 203 Å². The largest absolute Gasteiger partial charge is 0.379 e. The first-order valence-electron chi connectivity index (χ1n) is 11.7. The smallest absolute Gasteiger partial charge is 0.193 e. The van der Waals surface area contributed by atoms with Gasteiger partial charge in [-0.2, -0.15) is 0 Å². The number of morpholine rings is 1. The van der Waals surface area contributed by atoms with Crippen LogP contribution in [0.3, 0.4) is 0 Å². The first kappa shape index (κ1) is 24.3. The number of guanidine groups is 1. The van der Waals surface area contributed by atoms with Crippen molar-refractivity contribution in [2.75, 3.05) is 59.0 Å². The fraction of sp³-hybridized carbons (Fsp3) is 0.783. The molecule has 2 saturated heterocycles. The summed E-state index contributed by atoms with van der Waals surface area (Å²) in [7, 11) is 0. The molecule has 0 aromatic carbocycles. The molecular formula is C23H39IN4OS. The van der Waals surface area contributed by atoms with Crippen molar-refractivity contribution in [1.82, 2.24) is 15.1 Å². The van der Waals surface area contributed by atoms with Crippen LogP contribution in [-0.4, -0.2) is 74.8 Å². The lowest BCUT2D eigenvalue weighted by molar-refractivity contribution is 0.0315. The first-order chi connectivity index (χ1) is 14.3. The van der Waals surface area contributed by atoms with Crippen LogP contribution in [0.2, 0.25) is 0 Å². The van der Waals surface area contributed by atoms with Crippen LogP contribution in [0.25, 0.3) is 0 Å². The molecule has 1 atom stereocenters. The van der Waals surface area contributed by atoms with Crippen molar-refractivity contribution in [1.29, 1.82) is 0 Å². The van der Waals surface area contributed by atoms with E-state index in [1.54, 1.807) is 4.88 Å². The molecule has 1 aromatic heterocycles. The topological polar surface area (TPSA) is 40.1 Å². The van der Waals surface area contributed by atoms with Gasteiger partial charge in [0.15, 0.2) is 5.96 Å². The van der Waals surface area contributed by atoms with Gasteiger partial charge in [-0.1, -0.05) is 25.3 Å². The number of hydrogen-bond donors (Lipinski definition) is 1. The van der Waals surface area contributed by atoms with Crippen molar-refractivity contribution in [2.24, 2.45) is 10.9 Å². The van der Waals surface area contributed by atoms with E-state index in [-0.39, 0.29) is 29.4 Å². The molecule has 1 unspecified atom stereocenters. The molecule has 5 nitrogen and oxygen atoms in total. The second-order valence-corrected chi connectivity index (χ2v) is 9.95. The van der Waals surface area contributed by atoms with E-state index in [1.807, 2.05) is 11.3 Å².